The van der Waals surface area contributed by atoms with Crippen LogP contribution in [0.25, 0.3) is 0 Å². The van der Waals surface area contributed by atoms with Crippen LogP contribution in [-0.2, 0) is 6.61 Å². The summed E-state index contributed by atoms with van der Waals surface area (Å²) in [5.41, 5.74) is 0.288. The first-order valence-electron chi connectivity index (χ1n) is 5.32. The fraction of sp³-hybridized carbons (Fsp3) is 0.0769. The van der Waals surface area contributed by atoms with Crippen LogP contribution in [-0.4, -0.2) is 10.0 Å². The SMILES string of the molecule is O=[N+]([O-])c1cc(Sc2ccccc2)ccc1CO. The molecule has 0 amide bonds. The van der Waals surface area contributed by atoms with Gasteiger partial charge >= 0.3 is 0 Å². The fourth-order valence-corrected chi connectivity index (χ4v) is 2.41. The third-order valence-corrected chi connectivity index (χ3v) is 3.40. The van der Waals surface area contributed by atoms with Gasteiger partial charge in [-0.2, -0.15) is 0 Å². The highest BCUT2D eigenvalue weighted by Gasteiger charge is 2.14. The average molecular weight is 261 g/mol. The maximum atomic E-state index is 10.9. The molecule has 2 aromatic rings. The molecule has 0 saturated carbocycles. The van der Waals surface area contributed by atoms with Gasteiger partial charge in [-0.05, 0) is 24.3 Å². The van der Waals surface area contributed by atoms with Crippen LogP contribution in [0.1, 0.15) is 5.56 Å². The van der Waals surface area contributed by atoms with Gasteiger partial charge in [0, 0.05) is 15.9 Å². The van der Waals surface area contributed by atoms with Crippen molar-refractivity contribution in [2.75, 3.05) is 0 Å². The Morgan fingerprint density at radius 2 is 1.83 bits per heavy atom. The van der Waals surface area contributed by atoms with Gasteiger partial charge in [-0.15, -0.1) is 0 Å². The second-order valence-electron chi connectivity index (χ2n) is 3.62. The summed E-state index contributed by atoms with van der Waals surface area (Å²) < 4.78 is 0. The van der Waals surface area contributed by atoms with Gasteiger partial charge in [-0.1, -0.05) is 30.0 Å². The highest BCUT2D eigenvalue weighted by Crippen LogP contribution is 2.31. The lowest BCUT2D eigenvalue weighted by Crippen LogP contribution is -1.95. The standard InChI is InChI=1S/C13H11NO3S/c15-9-10-6-7-12(8-13(10)14(16)17)18-11-4-2-1-3-5-11/h1-8,15H,9H2. The van der Waals surface area contributed by atoms with Crippen molar-refractivity contribution in [1.82, 2.24) is 0 Å². The predicted octanol–water partition coefficient (Wildman–Crippen LogP) is 3.24. The molecule has 4 nitrogen and oxygen atoms in total. The Balaban J connectivity index is 2.30. The van der Waals surface area contributed by atoms with Gasteiger partial charge in [0.2, 0.25) is 0 Å². The largest absolute Gasteiger partial charge is 0.391 e. The summed E-state index contributed by atoms with van der Waals surface area (Å²) in [7, 11) is 0. The predicted molar refractivity (Wildman–Crippen MR) is 69.6 cm³/mol. The quantitative estimate of drug-likeness (QED) is 0.678. The molecule has 0 fully saturated rings. The van der Waals surface area contributed by atoms with E-state index in [0.717, 1.165) is 9.79 Å². The second-order valence-corrected chi connectivity index (χ2v) is 4.77. The first kappa shape index (κ1) is 12.6. The molecule has 92 valence electrons. The molecule has 0 aromatic heterocycles. The van der Waals surface area contributed by atoms with E-state index in [4.69, 9.17) is 5.11 Å². The number of nitro groups is 1. The van der Waals surface area contributed by atoms with Crippen molar-refractivity contribution < 1.29 is 10.0 Å². The number of aliphatic hydroxyl groups excluding tert-OH is 1. The van der Waals surface area contributed by atoms with Gasteiger partial charge in [0.15, 0.2) is 0 Å². The van der Waals surface area contributed by atoms with Gasteiger partial charge in [-0.3, -0.25) is 10.1 Å². The van der Waals surface area contributed by atoms with Crippen LogP contribution >= 0.6 is 11.8 Å². The average Bonchev–Trinajstić information content (AvgIpc) is 2.40. The van der Waals surface area contributed by atoms with Crippen LogP contribution < -0.4 is 0 Å². The lowest BCUT2D eigenvalue weighted by molar-refractivity contribution is -0.386. The van der Waals surface area contributed by atoms with E-state index in [2.05, 4.69) is 0 Å². The minimum absolute atomic E-state index is 0.0431. The van der Waals surface area contributed by atoms with Crippen LogP contribution in [0.2, 0.25) is 0 Å². The summed E-state index contributed by atoms with van der Waals surface area (Å²) in [6.07, 6.45) is 0. The molecule has 0 aliphatic rings. The smallest absolute Gasteiger partial charge is 0.276 e. The molecule has 18 heavy (non-hydrogen) atoms. The molecule has 0 bridgehead atoms. The first-order chi connectivity index (χ1) is 8.70. The maximum Gasteiger partial charge on any atom is 0.276 e. The summed E-state index contributed by atoms with van der Waals surface area (Å²) in [6, 6.07) is 14.5. The minimum atomic E-state index is -0.472. The molecular formula is C13H11NO3S. The zero-order valence-corrected chi connectivity index (χ0v) is 10.3. The summed E-state index contributed by atoms with van der Waals surface area (Å²) in [4.78, 5) is 12.2. The normalized spacial score (nSPS) is 10.3. The van der Waals surface area contributed by atoms with Crippen molar-refractivity contribution in [3.05, 3.63) is 64.2 Å². The Kier molecular flexibility index (Phi) is 3.96. The number of aliphatic hydroxyl groups is 1. The lowest BCUT2D eigenvalue weighted by atomic mass is 10.2. The molecule has 0 heterocycles. The van der Waals surface area contributed by atoms with E-state index in [1.54, 1.807) is 12.1 Å². The van der Waals surface area contributed by atoms with Crippen LogP contribution in [0.4, 0.5) is 5.69 Å². The van der Waals surface area contributed by atoms with Gasteiger partial charge in [-0.25, -0.2) is 0 Å². The zero-order valence-electron chi connectivity index (χ0n) is 9.45. The fourth-order valence-electron chi connectivity index (χ4n) is 1.54. The Morgan fingerprint density at radius 3 is 2.44 bits per heavy atom. The molecule has 2 rings (SSSR count). The second kappa shape index (κ2) is 5.66. The Labute approximate surface area is 108 Å². The van der Waals surface area contributed by atoms with Crippen molar-refractivity contribution in [2.45, 2.75) is 16.4 Å². The highest BCUT2D eigenvalue weighted by atomic mass is 32.2. The van der Waals surface area contributed by atoms with E-state index >= 15 is 0 Å². The first-order valence-corrected chi connectivity index (χ1v) is 6.13. The van der Waals surface area contributed by atoms with E-state index in [-0.39, 0.29) is 12.3 Å². The molecule has 0 atom stereocenters. The van der Waals surface area contributed by atoms with E-state index in [1.165, 1.54) is 17.8 Å². The number of nitrogens with zero attached hydrogens (tertiary/aromatic N) is 1. The van der Waals surface area contributed by atoms with Crippen LogP contribution in [0, 0.1) is 10.1 Å². The molecular weight excluding hydrogens is 250 g/mol. The molecule has 0 aliphatic heterocycles. The van der Waals surface area contributed by atoms with Crippen molar-refractivity contribution in [2.24, 2.45) is 0 Å². The molecule has 0 aliphatic carbocycles. The van der Waals surface area contributed by atoms with Gasteiger partial charge in [0.05, 0.1) is 17.1 Å². The molecule has 5 heteroatoms. The third-order valence-electron chi connectivity index (χ3n) is 2.40. The molecule has 0 unspecified atom stereocenters. The Bertz CT molecular complexity index is 557. The molecule has 0 saturated heterocycles. The van der Waals surface area contributed by atoms with E-state index in [1.807, 2.05) is 30.3 Å². The van der Waals surface area contributed by atoms with Crippen molar-refractivity contribution in [3.8, 4) is 0 Å². The number of benzene rings is 2. The van der Waals surface area contributed by atoms with Crippen LogP contribution in [0.5, 0.6) is 0 Å². The Morgan fingerprint density at radius 1 is 1.11 bits per heavy atom. The number of rotatable bonds is 4. The van der Waals surface area contributed by atoms with Crippen molar-refractivity contribution in [1.29, 1.82) is 0 Å². The number of hydrogen-bond donors (Lipinski definition) is 1. The van der Waals surface area contributed by atoms with Gasteiger partial charge in [0.25, 0.3) is 5.69 Å². The highest BCUT2D eigenvalue weighted by molar-refractivity contribution is 7.99. The zero-order chi connectivity index (χ0) is 13.0. The van der Waals surface area contributed by atoms with Crippen LogP contribution in [0.3, 0.4) is 0 Å². The number of nitro benzene ring substituents is 1. The van der Waals surface area contributed by atoms with Gasteiger partial charge in [0.1, 0.15) is 0 Å². The lowest BCUT2D eigenvalue weighted by Gasteiger charge is -2.04. The molecule has 0 radical (unpaired) electrons. The summed E-state index contributed by atoms with van der Waals surface area (Å²) >= 11 is 1.45. The van der Waals surface area contributed by atoms with Crippen molar-refractivity contribution in [3.63, 3.8) is 0 Å². The van der Waals surface area contributed by atoms with Crippen LogP contribution in [0.15, 0.2) is 58.3 Å². The Hall–Kier alpha value is -1.85. The summed E-state index contributed by atoms with van der Waals surface area (Å²) in [5, 5.41) is 19.9. The molecule has 0 spiro atoms. The van der Waals surface area contributed by atoms with E-state index < -0.39 is 4.92 Å². The van der Waals surface area contributed by atoms with Crippen molar-refractivity contribution >= 4 is 17.4 Å². The third kappa shape index (κ3) is 2.88. The molecule has 2 aromatic carbocycles. The van der Waals surface area contributed by atoms with E-state index in [9.17, 15) is 10.1 Å². The number of hydrogen-bond acceptors (Lipinski definition) is 4. The van der Waals surface area contributed by atoms with Gasteiger partial charge < -0.3 is 5.11 Å². The monoisotopic (exact) mass is 261 g/mol. The maximum absolute atomic E-state index is 10.9. The topological polar surface area (TPSA) is 63.4 Å². The molecule has 1 N–H and O–H groups in total. The summed E-state index contributed by atoms with van der Waals surface area (Å²) in [6.45, 7) is -0.327. The summed E-state index contributed by atoms with van der Waals surface area (Å²) in [5.74, 6) is 0. The van der Waals surface area contributed by atoms with E-state index in [0.29, 0.717) is 5.56 Å². The minimum Gasteiger partial charge on any atom is -0.391 e.